The van der Waals surface area contributed by atoms with E-state index in [-0.39, 0.29) is 11.3 Å². The lowest BCUT2D eigenvalue weighted by atomic mass is 9.89. The number of pyridine rings is 1. The molecule has 0 radical (unpaired) electrons. The molecule has 2 heterocycles. The van der Waals surface area contributed by atoms with Gasteiger partial charge in [0.2, 0.25) is 0 Å². The molecule has 3 rings (SSSR count). The Morgan fingerprint density at radius 1 is 1.48 bits per heavy atom. The van der Waals surface area contributed by atoms with Crippen molar-refractivity contribution in [1.29, 1.82) is 0 Å². The van der Waals surface area contributed by atoms with E-state index >= 15 is 0 Å². The number of ether oxygens (including phenoxy) is 1. The van der Waals surface area contributed by atoms with Crippen LogP contribution in [0.2, 0.25) is 0 Å². The van der Waals surface area contributed by atoms with Gasteiger partial charge < -0.3 is 10.1 Å². The van der Waals surface area contributed by atoms with E-state index in [0.717, 1.165) is 43.7 Å². The van der Waals surface area contributed by atoms with Crippen LogP contribution in [0.15, 0.2) is 12.3 Å². The highest BCUT2D eigenvalue weighted by Gasteiger charge is 2.40. The number of aromatic nitrogens is 1. The molecule has 0 amide bonds. The van der Waals surface area contributed by atoms with E-state index in [2.05, 4.69) is 10.3 Å². The zero-order valence-corrected chi connectivity index (χ0v) is 12.3. The SMILES string of the molecule is Cc1cc([N+](=O)[O-])cnc1NC1CCOC2(CCCC2)C1. The Bertz CT molecular complexity index is 541. The lowest BCUT2D eigenvalue weighted by Crippen LogP contribution is -2.42. The van der Waals surface area contributed by atoms with Gasteiger partial charge in [0.05, 0.1) is 10.5 Å². The number of anilines is 1. The van der Waals surface area contributed by atoms with E-state index in [0.29, 0.717) is 6.04 Å². The van der Waals surface area contributed by atoms with Gasteiger partial charge in [0.25, 0.3) is 5.69 Å². The van der Waals surface area contributed by atoms with Crippen molar-refractivity contribution in [3.8, 4) is 0 Å². The average Bonchev–Trinajstić information content (AvgIpc) is 2.89. The van der Waals surface area contributed by atoms with Gasteiger partial charge in [-0.25, -0.2) is 4.98 Å². The number of aryl methyl sites for hydroxylation is 1. The first kappa shape index (κ1) is 14.3. The fourth-order valence-electron chi connectivity index (χ4n) is 3.52. The Hall–Kier alpha value is -1.69. The lowest BCUT2D eigenvalue weighted by molar-refractivity contribution is -0.385. The lowest BCUT2D eigenvalue weighted by Gasteiger charge is -2.38. The highest BCUT2D eigenvalue weighted by atomic mass is 16.6. The van der Waals surface area contributed by atoms with Crippen molar-refractivity contribution in [3.63, 3.8) is 0 Å². The second-order valence-electron chi connectivity index (χ2n) is 6.19. The summed E-state index contributed by atoms with van der Waals surface area (Å²) in [6, 6.07) is 1.91. The monoisotopic (exact) mass is 291 g/mol. The minimum atomic E-state index is -0.411. The van der Waals surface area contributed by atoms with Gasteiger partial charge in [-0.3, -0.25) is 10.1 Å². The van der Waals surface area contributed by atoms with Crippen LogP contribution in [0.3, 0.4) is 0 Å². The second kappa shape index (κ2) is 5.60. The molecule has 1 saturated carbocycles. The fraction of sp³-hybridized carbons (Fsp3) is 0.667. The Morgan fingerprint density at radius 2 is 2.24 bits per heavy atom. The van der Waals surface area contributed by atoms with Gasteiger partial charge >= 0.3 is 0 Å². The van der Waals surface area contributed by atoms with Gasteiger partial charge in [0.15, 0.2) is 0 Å². The third-order valence-electron chi connectivity index (χ3n) is 4.62. The molecule has 1 unspecified atom stereocenters. The summed E-state index contributed by atoms with van der Waals surface area (Å²) in [5.41, 5.74) is 0.915. The summed E-state index contributed by atoms with van der Waals surface area (Å²) in [7, 11) is 0. The van der Waals surface area contributed by atoms with Gasteiger partial charge in [-0.1, -0.05) is 12.8 Å². The first-order valence-electron chi connectivity index (χ1n) is 7.60. The maximum atomic E-state index is 10.8. The van der Waals surface area contributed by atoms with Gasteiger partial charge in [-0.2, -0.15) is 0 Å². The molecule has 0 bridgehead atoms. The molecule has 6 heteroatoms. The highest BCUT2D eigenvalue weighted by molar-refractivity contribution is 5.48. The summed E-state index contributed by atoms with van der Waals surface area (Å²) < 4.78 is 6.03. The van der Waals surface area contributed by atoms with E-state index in [4.69, 9.17) is 4.74 Å². The Balaban J connectivity index is 1.70. The van der Waals surface area contributed by atoms with Crippen molar-refractivity contribution < 1.29 is 9.66 Å². The molecule has 1 atom stereocenters. The first-order chi connectivity index (χ1) is 10.1. The number of hydrogen-bond donors (Lipinski definition) is 1. The molecule has 2 aliphatic rings. The van der Waals surface area contributed by atoms with Gasteiger partial charge in [0, 0.05) is 18.7 Å². The normalized spacial score (nSPS) is 24.1. The van der Waals surface area contributed by atoms with Crippen LogP contribution in [-0.2, 0) is 4.74 Å². The Labute approximate surface area is 124 Å². The predicted molar refractivity (Wildman–Crippen MR) is 79.4 cm³/mol. The molecule has 114 valence electrons. The fourth-order valence-corrected chi connectivity index (χ4v) is 3.52. The number of nitrogens with one attached hydrogen (secondary N) is 1. The quantitative estimate of drug-likeness (QED) is 0.683. The van der Waals surface area contributed by atoms with Crippen LogP contribution >= 0.6 is 0 Å². The number of rotatable bonds is 3. The minimum Gasteiger partial charge on any atom is -0.375 e. The van der Waals surface area contributed by atoms with Crippen molar-refractivity contribution in [2.45, 2.75) is 57.1 Å². The van der Waals surface area contributed by atoms with Gasteiger partial charge in [0.1, 0.15) is 12.0 Å². The molecule has 21 heavy (non-hydrogen) atoms. The van der Waals surface area contributed by atoms with Gasteiger partial charge in [-0.05, 0) is 38.2 Å². The third kappa shape index (κ3) is 3.00. The summed E-state index contributed by atoms with van der Waals surface area (Å²) in [5, 5.41) is 14.2. The maximum absolute atomic E-state index is 10.8. The molecule has 6 nitrogen and oxygen atoms in total. The summed E-state index contributed by atoms with van der Waals surface area (Å²) >= 11 is 0. The summed E-state index contributed by atoms with van der Waals surface area (Å²) in [6.07, 6.45) is 8.09. The molecule has 1 aliphatic carbocycles. The Kier molecular flexibility index (Phi) is 3.80. The van der Waals surface area contributed by atoms with E-state index in [1.54, 1.807) is 6.07 Å². The zero-order chi connectivity index (χ0) is 14.9. The van der Waals surface area contributed by atoms with Crippen LogP contribution < -0.4 is 5.32 Å². The second-order valence-corrected chi connectivity index (χ2v) is 6.19. The highest BCUT2D eigenvalue weighted by Crippen LogP contribution is 2.40. The molecule has 1 spiro atoms. The number of nitrogens with zero attached hydrogens (tertiary/aromatic N) is 2. The molecule has 1 aromatic rings. The van der Waals surface area contributed by atoms with Crippen LogP contribution in [0.1, 0.15) is 44.1 Å². The minimum absolute atomic E-state index is 0.0392. The summed E-state index contributed by atoms with van der Waals surface area (Å²) in [6.45, 7) is 2.64. The molecule has 2 fully saturated rings. The van der Waals surface area contributed by atoms with E-state index in [1.807, 2.05) is 6.92 Å². The average molecular weight is 291 g/mol. The van der Waals surface area contributed by atoms with Gasteiger partial charge in [-0.15, -0.1) is 0 Å². The number of nitro groups is 1. The van der Waals surface area contributed by atoms with E-state index < -0.39 is 4.92 Å². The maximum Gasteiger partial charge on any atom is 0.287 e. The van der Waals surface area contributed by atoms with Crippen LogP contribution in [0, 0.1) is 17.0 Å². The van der Waals surface area contributed by atoms with Crippen molar-refractivity contribution >= 4 is 11.5 Å². The van der Waals surface area contributed by atoms with Crippen molar-refractivity contribution in [1.82, 2.24) is 4.98 Å². The molecular weight excluding hydrogens is 270 g/mol. The predicted octanol–water partition coefficient (Wildman–Crippen LogP) is 3.20. The van der Waals surface area contributed by atoms with Crippen molar-refractivity contribution in [2.24, 2.45) is 0 Å². The largest absolute Gasteiger partial charge is 0.375 e. The Morgan fingerprint density at radius 3 is 2.90 bits per heavy atom. The first-order valence-corrected chi connectivity index (χ1v) is 7.60. The zero-order valence-electron chi connectivity index (χ0n) is 12.3. The summed E-state index contributed by atoms with van der Waals surface area (Å²) in [5.74, 6) is 0.751. The van der Waals surface area contributed by atoms with Crippen LogP contribution in [0.5, 0.6) is 0 Å². The van der Waals surface area contributed by atoms with Crippen LogP contribution in [0.25, 0.3) is 0 Å². The molecule has 0 aromatic carbocycles. The smallest absolute Gasteiger partial charge is 0.287 e. The van der Waals surface area contributed by atoms with Crippen molar-refractivity contribution in [2.75, 3.05) is 11.9 Å². The third-order valence-corrected chi connectivity index (χ3v) is 4.62. The summed E-state index contributed by atoms with van der Waals surface area (Å²) in [4.78, 5) is 14.6. The molecule has 1 aliphatic heterocycles. The van der Waals surface area contributed by atoms with Crippen molar-refractivity contribution in [3.05, 3.63) is 27.9 Å². The van der Waals surface area contributed by atoms with Crippen LogP contribution in [-0.4, -0.2) is 28.2 Å². The molecule has 1 N–H and O–H groups in total. The van der Waals surface area contributed by atoms with E-state index in [9.17, 15) is 10.1 Å². The molecule has 1 aromatic heterocycles. The molecular formula is C15H21N3O3. The topological polar surface area (TPSA) is 77.3 Å². The van der Waals surface area contributed by atoms with E-state index in [1.165, 1.54) is 19.0 Å². The number of hydrogen-bond acceptors (Lipinski definition) is 5. The van der Waals surface area contributed by atoms with Crippen LogP contribution in [0.4, 0.5) is 11.5 Å². The standard InChI is InChI=1S/C15H21N3O3/c1-11-8-13(18(19)20)10-16-14(11)17-12-4-7-21-15(9-12)5-2-3-6-15/h8,10,12H,2-7,9H2,1H3,(H,16,17). The molecule has 1 saturated heterocycles.